The summed E-state index contributed by atoms with van der Waals surface area (Å²) < 4.78 is 22.4. The van der Waals surface area contributed by atoms with Gasteiger partial charge in [-0.2, -0.15) is 10.1 Å². The number of aromatic amines is 1. The molecule has 94 valence electrons. The van der Waals surface area contributed by atoms with Gasteiger partial charge in [-0.1, -0.05) is 0 Å². The van der Waals surface area contributed by atoms with Gasteiger partial charge >= 0.3 is 0 Å². The second kappa shape index (κ2) is 4.82. The summed E-state index contributed by atoms with van der Waals surface area (Å²) >= 11 is 0. The van der Waals surface area contributed by atoms with Crippen molar-refractivity contribution in [3.05, 3.63) is 6.33 Å². The highest BCUT2D eigenvalue weighted by Gasteiger charge is 2.25. The molecule has 1 aromatic rings. The minimum atomic E-state index is -2.86. The van der Waals surface area contributed by atoms with Crippen LogP contribution in [0.4, 0.5) is 5.95 Å². The lowest BCUT2D eigenvalue weighted by Gasteiger charge is -2.20. The molecule has 0 radical (unpaired) electrons. The summed E-state index contributed by atoms with van der Waals surface area (Å²) in [7, 11) is -2.86. The van der Waals surface area contributed by atoms with E-state index in [1.54, 1.807) is 0 Å². The smallest absolute Gasteiger partial charge is 0.226 e. The van der Waals surface area contributed by atoms with Crippen LogP contribution in [0.25, 0.3) is 0 Å². The maximum absolute atomic E-state index is 11.6. The second-order valence-corrected chi connectivity index (χ2v) is 6.49. The number of rotatable bonds is 3. The Kier molecular flexibility index (Phi) is 3.41. The third-order valence-corrected chi connectivity index (χ3v) is 4.54. The van der Waals surface area contributed by atoms with Gasteiger partial charge in [-0.15, -0.1) is 0 Å². The van der Waals surface area contributed by atoms with Gasteiger partial charge in [-0.3, -0.25) is 10.1 Å². The summed E-state index contributed by atoms with van der Waals surface area (Å²) in [4.78, 5) is 15.4. The van der Waals surface area contributed by atoms with E-state index < -0.39 is 9.84 Å². The zero-order chi connectivity index (χ0) is 12.3. The van der Waals surface area contributed by atoms with Gasteiger partial charge in [0, 0.05) is 6.42 Å². The first-order valence-corrected chi connectivity index (χ1v) is 7.23. The quantitative estimate of drug-likeness (QED) is 0.791. The van der Waals surface area contributed by atoms with Crippen molar-refractivity contribution in [3.8, 4) is 0 Å². The monoisotopic (exact) mass is 258 g/mol. The molecule has 1 aliphatic heterocycles. The van der Waals surface area contributed by atoms with E-state index in [0.717, 1.165) is 0 Å². The average Bonchev–Trinajstić information content (AvgIpc) is 2.74. The van der Waals surface area contributed by atoms with E-state index in [-0.39, 0.29) is 23.3 Å². The normalized spacial score (nSPS) is 20.0. The van der Waals surface area contributed by atoms with Gasteiger partial charge in [0.25, 0.3) is 0 Å². The maximum atomic E-state index is 11.6. The minimum Gasteiger partial charge on any atom is -0.295 e. The van der Waals surface area contributed by atoms with Crippen molar-refractivity contribution < 1.29 is 13.2 Å². The molecule has 0 unspecified atom stereocenters. The van der Waals surface area contributed by atoms with Gasteiger partial charge in [0.15, 0.2) is 0 Å². The van der Waals surface area contributed by atoms with Gasteiger partial charge in [0.2, 0.25) is 11.9 Å². The number of nitrogens with one attached hydrogen (secondary N) is 2. The molecular weight excluding hydrogens is 244 g/mol. The number of aromatic nitrogens is 3. The fourth-order valence-electron chi connectivity index (χ4n) is 1.85. The topological polar surface area (TPSA) is 105 Å². The number of carbonyl (C=O) groups excluding carboxylic acids is 1. The lowest BCUT2D eigenvalue weighted by atomic mass is 9.98. The van der Waals surface area contributed by atoms with Crippen LogP contribution in [0.2, 0.25) is 0 Å². The first-order valence-electron chi connectivity index (χ1n) is 5.41. The molecule has 2 rings (SSSR count). The molecule has 0 aromatic carbocycles. The molecular formula is C9H14N4O3S. The summed E-state index contributed by atoms with van der Waals surface area (Å²) in [5, 5.41) is 8.71. The molecule has 17 heavy (non-hydrogen) atoms. The summed E-state index contributed by atoms with van der Waals surface area (Å²) in [5.74, 6) is 0.673. The van der Waals surface area contributed by atoms with Crippen LogP contribution >= 0.6 is 0 Å². The van der Waals surface area contributed by atoms with Crippen molar-refractivity contribution in [2.45, 2.75) is 19.3 Å². The molecule has 0 atom stereocenters. The summed E-state index contributed by atoms with van der Waals surface area (Å²) in [6.45, 7) is 0. The highest BCUT2D eigenvalue weighted by molar-refractivity contribution is 7.91. The predicted octanol–water partition coefficient (Wildman–Crippen LogP) is -0.0419. The fourth-order valence-corrected chi connectivity index (χ4v) is 3.44. The summed E-state index contributed by atoms with van der Waals surface area (Å²) in [5.41, 5.74) is 0. The Morgan fingerprint density at radius 3 is 2.76 bits per heavy atom. The van der Waals surface area contributed by atoms with Crippen LogP contribution < -0.4 is 5.32 Å². The SMILES string of the molecule is O=C(CC1CCS(=O)(=O)CC1)Nc1ncn[nH]1. The Hall–Kier alpha value is -1.44. The average molecular weight is 258 g/mol. The fraction of sp³-hybridized carbons (Fsp3) is 0.667. The van der Waals surface area contributed by atoms with Gasteiger partial charge in [0.1, 0.15) is 16.2 Å². The van der Waals surface area contributed by atoms with Crippen molar-refractivity contribution >= 4 is 21.7 Å². The Morgan fingerprint density at radius 2 is 2.18 bits per heavy atom. The number of amides is 1. The number of H-pyrrole nitrogens is 1. The molecule has 0 aliphatic carbocycles. The molecule has 1 aromatic heterocycles. The Bertz CT molecular complexity index is 468. The molecule has 1 fully saturated rings. The van der Waals surface area contributed by atoms with E-state index in [0.29, 0.717) is 25.2 Å². The lowest BCUT2D eigenvalue weighted by molar-refractivity contribution is -0.117. The molecule has 7 nitrogen and oxygen atoms in total. The lowest BCUT2D eigenvalue weighted by Crippen LogP contribution is -2.26. The van der Waals surface area contributed by atoms with Gasteiger partial charge in [-0.25, -0.2) is 13.5 Å². The summed E-state index contributed by atoms with van der Waals surface area (Å²) in [6.07, 6.45) is 2.76. The predicted molar refractivity (Wildman–Crippen MR) is 61.0 cm³/mol. The van der Waals surface area contributed by atoms with E-state index in [1.807, 2.05) is 0 Å². The minimum absolute atomic E-state index is 0.140. The molecule has 1 aliphatic rings. The highest BCUT2D eigenvalue weighted by Crippen LogP contribution is 2.22. The number of hydrogen-bond donors (Lipinski definition) is 2. The molecule has 0 saturated carbocycles. The maximum Gasteiger partial charge on any atom is 0.226 e. The van der Waals surface area contributed by atoms with Crippen molar-refractivity contribution in [1.29, 1.82) is 0 Å². The van der Waals surface area contributed by atoms with Crippen LogP contribution in [0.1, 0.15) is 19.3 Å². The standard InChI is InChI=1S/C9H14N4O3S/c14-8(12-9-10-6-11-13-9)5-7-1-3-17(15,16)4-2-7/h6-7H,1-5H2,(H2,10,11,12,13,14). The third kappa shape index (κ3) is 3.52. The van der Waals surface area contributed by atoms with E-state index in [9.17, 15) is 13.2 Å². The molecule has 0 spiro atoms. The Labute approximate surface area is 98.9 Å². The molecule has 1 saturated heterocycles. The van der Waals surface area contributed by atoms with Gasteiger partial charge in [-0.05, 0) is 18.8 Å². The highest BCUT2D eigenvalue weighted by atomic mass is 32.2. The van der Waals surface area contributed by atoms with Crippen LogP contribution in [0.3, 0.4) is 0 Å². The number of hydrogen-bond acceptors (Lipinski definition) is 5. The largest absolute Gasteiger partial charge is 0.295 e. The van der Waals surface area contributed by atoms with Crippen molar-refractivity contribution in [3.63, 3.8) is 0 Å². The van der Waals surface area contributed by atoms with E-state index in [2.05, 4.69) is 20.5 Å². The number of carbonyl (C=O) groups is 1. The zero-order valence-corrected chi connectivity index (χ0v) is 10.0. The first kappa shape index (κ1) is 12.0. The molecule has 1 amide bonds. The van der Waals surface area contributed by atoms with Crippen molar-refractivity contribution in [2.24, 2.45) is 5.92 Å². The Morgan fingerprint density at radius 1 is 1.47 bits per heavy atom. The van der Waals surface area contributed by atoms with Gasteiger partial charge < -0.3 is 0 Å². The number of nitrogens with zero attached hydrogens (tertiary/aromatic N) is 2. The van der Waals surface area contributed by atoms with E-state index in [1.165, 1.54) is 6.33 Å². The van der Waals surface area contributed by atoms with E-state index in [4.69, 9.17) is 0 Å². The number of anilines is 1. The number of sulfone groups is 1. The second-order valence-electron chi connectivity index (χ2n) is 4.18. The molecule has 0 bridgehead atoms. The summed E-state index contributed by atoms with van der Waals surface area (Å²) in [6, 6.07) is 0. The van der Waals surface area contributed by atoms with Crippen LogP contribution in [0.5, 0.6) is 0 Å². The Balaban J connectivity index is 1.80. The first-order chi connectivity index (χ1) is 8.05. The zero-order valence-electron chi connectivity index (χ0n) is 9.22. The van der Waals surface area contributed by atoms with Crippen LogP contribution in [-0.2, 0) is 14.6 Å². The van der Waals surface area contributed by atoms with Crippen LogP contribution in [0.15, 0.2) is 6.33 Å². The van der Waals surface area contributed by atoms with E-state index >= 15 is 0 Å². The molecule has 2 N–H and O–H groups in total. The molecule has 2 heterocycles. The van der Waals surface area contributed by atoms with Crippen molar-refractivity contribution in [1.82, 2.24) is 15.2 Å². The van der Waals surface area contributed by atoms with Crippen LogP contribution in [0, 0.1) is 5.92 Å². The van der Waals surface area contributed by atoms with Crippen LogP contribution in [-0.4, -0.2) is 41.0 Å². The molecule has 8 heteroatoms. The van der Waals surface area contributed by atoms with Crippen molar-refractivity contribution in [2.75, 3.05) is 16.8 Å². The van der Waals surface area contributed by atoms with Gasteiger partial charge in [0.05, 0.1) is 11.5 Å². The third-order valence-electron chi connectivity index (χ3n) is 2.82.